The highest BCUT2D eigenvalue weighted by molar-refractivity contribution is 5.87. The van der Waals surface area contributed by atoms with Gasteiger partial charge in [-0.1, -0.05) is 18.2 Å². The molecule has 2 aromatic rings. The normalized spacial score (nSPS) is 13.5. The summed E-state index contributed by atoms with van der Waals surface area (Å²) < 4.78 is 0. The molecule has 0 radical (unpaired) electrons. The molecule has 1 aliphatic heterocycles. The summed E-state index contributed by atoms with van der Waals surface area (Å²) in [6, 6.07) is 6.28. The van der Waals surface area contributed by atoms with Crippen molar-refractivity contribution < 1.29 is 0 Å². The number of benzene rings is 1. The van der Waals surface area contributed by atoms with Crippen molar-refractivity contribution in [1.29, 1.82) is 0 Å². The maximum atomic E-state index is 4.30. The van der Waals surface area contributed by atoms with E-state index in [0.29, 0.717) is 0 Å². The minimum atomic E-state index is 0.873. The van der Waals surface area contributed by atoms with Crippen molar-refractivity contribution in [2.45, 2.75) is 6.42 Å². The molecule has 2 heterocycles. The first-order valence-electron chi connectivity index (χ1n) is 5.32. The van der Waals surface area contributed by atoms with Crippen molar-refractivity contribution in [2.75, 3.05) is 6.54 Å². The van der Waals surface area contributed by atoms with Crippen molar-refractivity contribution in [1.82, 2.24) is 9.97 Å². The van der Waals surface area contributed by atoms with E-state index < -0.39 is 0 Å². The average Bonchev–Trinajstić information content (AvgIpc) is 2.39. The van der Waals surface area contributed by atoms with Gasteiger partial charge in [-0.2, -0.15) is 0 Å². The Morgan fingerprint density at radius 1 is 1.06 bits per heavy atom. The Labute approximate surface area is 93.9 Å². The summed E-state index contributed by atoms with van der Waals surface area (Å²) in [6.07, 6.45) is 8.21. The van der Waals surface area contributed by atoms with Gasteiger partial charge < -0.3 is 0 Å². The minimum absolute atomic E-state index is 0.873. The molecule has 1 aliphatic rings. The molecule has 0 bridgehead atoms. The Hall–Kier alpha value is -2.03. The molecule has 0 atom stereocenters. The highest BCUT2D eigenvalue weighted by atomic mass is 14.8. The first kappa shape index (κ1) is 9.21. The van der Waals surface area contributed by atoms with Crippen molar-refractivity contribution >= 4 is 6.21 Å². The second-order valence-electron chi connectivity index (χ2n) is 3.79. The molecule has 0 spiro atoms. The Morgan fingerprint density at radius 2 is 1.94 bits per heavy atom. The number of fused-ring (bicyclic) bond motifs is 1. The van der Waals surface area contributed by atoms with E-state index in [-0.39, 0.29) is 0 Å². The molecule has 0 saturated carbocycles. The van der Waals surface area contributed by atoms with Gasteiger partial charge >= 0.3 is 0 Å². The van der Waals surface area contributed by atoms with Crippen LogP contribution in [0.1, 0.15) is 11.1 Å². The predicted octanol–water partition coefficient (Wildman–Crippen LogP) is 2.12. The van der Waals surface area contributed by atoms with Gasteiger partial charge in [0.2, 0.25) is 0 Å². The lowest BCUT2D eigenvalue weighted by Crippen LogP contribution is -2.04. The van der Waals surface area contributed by atoms with Crippen LogP contribution in [0.25, 0.3) is 11.1 Å². The molecule has 1 aromatic heterocycles. The number of aromatic nitrogens is 2. The molecule has 1 aromatic carbocycles. The highest BCUT2D eigenvalue weighted by Gasteiger charge is 2.11. The van der Waals surface area contributed by atoms with Crippen LogP contribution in [0.2, 0.25) is 0 Å². The topological polar surface area (TPSA) is 38.1 Å². The van der Waals surface area contributed by atoms with E-state index in [1.807, 2.05) is 18.6 Å². The van der Waals surface area contributed by atoms with E-state index in [2.05, 4.69) is 33.2 Å². The van der Waals surface area contributed by atoms with E-state index in [1.165, 1.54) is 16.7 Å². The maximum Gasteiger partial charge on any atom is 0.115 e. The largest absolute Gasteiger partial charge is 0.292 e. The van der Waals surface area contributed by atoms with Crippen LogP contribution < -0.4 is 0 Å². The highest BCUT2D eigenvalue weighted by Crippen LogP contribution is 2.26. The monoisotopic (exact) mass is 209 g/mol. The van der Waals surface area contributed by atoms with Gasteiger partial charge in [0.15, 0.2) is 0 Å². The van der Waals surface area contributed by atoms with E-state index in [4.69, 9.17) is 0 Å². The average molecular weight is 209 g/mol. The third-order valence-corrected chi connectivity index (χ3v) is 2.81. The SMILES string of the molecule is C1=NCCc2c1cccc2-c1cncnc1. The molecule has 0 saturated heterocycles. The van der Waals surface area contributed by atoms with Crippen molar-refractivity contribution in [3.8, 4) is 11.1 Å². The first-order chi connectivity index (χ1) is 7.95. The summed E-state index contributed by atoms with van der Waals surface area (Å²) in [4.78, 5) is 12.4. The van der Waals surface area contributed by atoms with Crippen molar-refractivity contribution in [3.05, 3.63) is 48.0 Å². The van der Waals surface area contributed by atoms with Gasteiger partial charge in [0.25, 0.3) is 0 Å². The van der Waals surface area contributed by atoms with E-state index in [0.717, 1.165) is 18.5 Å². The van der Waals surface area contributed by atoms with Crippen LogP contribution in [0.15, 0.2) is 41.9 Å². The fraction of sp³-hybridized carbons (Fsp3) is 0.154. The zero-order valence-electron chi connectivity index (χ0n) is 8.80. The lowest BCUT2D eigenvalue weighted by molar-refractivity contribution is 0.953. The van der Waals surface area contributed by atoms with Crippen LogP contribution in [0.5, 0.6) is 0 Å². The minimum Gasteiger partial charge on any atom is -0.292 e. The van der Waals surface area contributed by atoms with Gasteiger partial charge in [-0.15, -0.1) is 0 Å². The Balaban J connectivity index is 2.19. The van der Waals surface area contributed by atoms with Gasteiger partial charge in [0.1, 0.15) is 6.33 Å². The van der Waals surface area contributed by atoms with Crippen LogP contribution in [-0.2, 0) is 6.42 Å². The Kier molecular flexibility index (Phi) is 2.22. The summed E-state index contributed by atoms with van der Waals surface area (Å²) in [5.41, 5.74) is 4.87. The molecular formula is C13H11N3. The number of rotatable bonds is 1. The summed E-state index contributed by atoms with van der Waals surface area (Å²) in [7, 11) is 0. The van der Waals surface area contributed by atoms with E-state index in [9.17, 15) is 0 Å². The second-order valence-corrected chi connectivity index (χ2v) is 3.79. The van der Waals surface area contributed by atoms with Crippen molar-refractivity contribution in [2.24, 2.45) is 4.99 Å². The smallest absolute Gasteiger partial charge is 0.115 e. The zero-order valence-corrected chi connectivity index (χ0v) is 8.80. The van der Waals surface area contributed by atoms with Gasteiger partial charge in [-0.3, -0.25) is 4.99 Å². The molecule has 3 nitrogen and oxygen atoms in total. The van der Waals surface area contributed by atoms with Crippen molar-refractivity contribution in [3.63, 3.8) is 0 Å². The van der Waals surface area contributed by atoms with Crippen LogP contribution in [0, 0.1) is 0 Å². The molecule has 0 unspecified atom stereocenters. The number of hydrogen-bond acceptors (Lipinski definition) is 3. The van der Waals surface area contributed by atoms with Crippen LogP contribution in [0.3, 0.4) is 0 Å². The van der Waals surface area contributed by atoms with Crippen LogP contribution >= 0.6 is 0 Å². The number of hydrogen-bond donors (Lipinski definition) is 0. The molecule has 3 rings (SSSR count). The Bertz CT molecular complexity index is 532. The molecular weight excluding hydrogens is 198 g/mol. The third-order valence-electron chi connectivity index (χ3n) is 2.81. The molecule has 78 valence electrons. The van der Waals surface area contributed by atoms with Gasteiger partial charge in [-0.05, 0) is 23.1 Å². The second kappa shape index (κ2) is 3.85. The quantitative estimate of drug-likeness (QED) is 0.721. The lowest BCUT2D eigenvalue weighted by atomic mass is 9.94. The Morgan fingerprint density at radius 3 is 2.81 bits per heavy atom. The number of nitrogens with zero attached hydrogens (tertiary/aromatic N) is 3. The fourth-order valence-electron chi connectivity index (χ4n) is 2.05. The van der Waals surface area contributed by atoms with E-state index >= 15 is 0 Å². The molecule has 0 aliphatic carbocycles. The maximum absolute atomic E-state index is 4.30. The summed E-state index contributed by atoms with van der Waals surface area (Å²) in [5.74, 6) is 0. The third kappa shape index (κ3) is 1.50. The molecule has 0 N–H and O–H groups in total. The van der Waals surface area contributed by atoms with Crippen LogP contribution in [0.4, 0.5) is 0 Å². The molecule has 3 heteroatoms. The summed E-state index contributed by atoms with van der Waals surface area (Å²) in [5, 5.41) is 0. The summed E-state index contributed by atoms with van der Waals surface area (Å²) in [6.45, 7) is 0.873. The fourth-order valence-corrected chi connectivity index (χ4v) is 2.05. The molecule has 0 amide bonds. The van der Waals surface area contributed by atoms with E-state index in [1.54, 1.807) is 6.33 Å². The molecule has 0 fully saturated rings. The summed E-state index contributed by atoms with van der Waals surface area (Å²) >= 11 is 0. The molecule has 16 heavy (non-hydrogen) atoms. The predicted molar refractivity (Wildman–Crippen MR) is 63.6 cm³/mol. The van der Waals surface area contributed by atoms with Gasteiger partial charge in [0.05, 0.1) is 0 Å². The van der Waals surface area contributed by atoms with Gasteiger partial charge in [0, 0.05) is 30.7 Å². The lowest BCUT2D eigenvalue weighted by Gasteiger charge is -2.14. The number of aliphatic imine (C=N–C) groups is 1. The standard InChI is InChI=1S/C13H11N3/c1-2-10-6-14-5-4-13(10)12(3-1)11-7-15-9-16-8-11/h1-3,6-9H,4-5H2. The first-order valence-corrected chi connectivity index (χ1v) is 5.32. The zero-order chi connectivity index (χ0) is 10.8. The van der Waals surface area contributed by atoms with Gasteiger partial charge in [-0.25, -0.2) is 9.97 Å². The van der Waals surface area contributed by atoms with Crippen LogP contribution in [-0.4, -0.2) is 22.7 Å².